The summed E-state index contributed by atoms with van der Waals surface area (Å²) in [6, 6.07) is 12.4. The Hall–Kier alpha value is -2.63. The molecule has 2 aromatic rings. The van der Waals surface area contributed by atoms with Crippen molar-refractivity contribution in [3.05, 3.63) is 47.8 Å². The van der Waals surface area contributed by atoms with Gasteiger partial charge >= 0.3 is 0 Å². The lowest BCUT2D eigenvalue weighted by Crippen LogP contribution is -2.49. The summed E-state index contributed by atoms with van der Waals surface area (Å²) in [5.41, 5.74) is 2.48. The summed E-state index contributed by atoms with van der Waals surface area (Å²) in [6.45, 7) is 9.14. The van der Waals surface area contributed by atoms with Crippen LogP contribution in [0.2, 0.25) is 0 Å². The zero-order chi connectivity index (χ0) is 18.5. The molecule has 6 nitrogen and oxygen atoms in total. The molecule has 0 spiro atoms. The van der Waals surface area contributed by atoms with E-state index in [1.165, 1.54) is 5.69 Å². The van der Waals surface area contributed by atoms with Gasteiger partial charge in [-0.2, -0.15) is 0 Å². The molecule has 1 aromatic carbocycles. The van der Waals surface area contributed by atoms with E-state index >= 15 is 0 Å². The van der Waals surface area contributed by atoms with E-state index in [2.05, 4.69) is 46.2 Å². The number of amides is 1. The number of hydrogen-bond donors (Lipinski definition) is 1. The van der Waals surface area contributed by atoms with E-state index in [9.17, 15) is 4.79 Å². The summed E-state index contributed by atoms with van der Waals surface area (Å²) in [4.78, 5) is 25.9. The number of piperazine rings is 1. The number of hydrogen-bond acceptors (Lipinski definition) is 5. The second-order valence-electron chi connectivity index (χ2n) is 6.79. The Labute approximate surface area is 155 Å². The van der Waals surface area contributed by atoms with E-state index in [1.54, 1.807) is 6.07 Å². The van der Waals surface area contributed by atoms with E-state index in [1.807, 2.05) is 30.0 Å². The Bertz CT molecular complexity index is 741. The van der Waals surface area contributed by atoms with Crippen LogP contribution in [0, 0.1) is 6.92 Å². The number of carbonyl (C=O) groups is 1. The van der Waals surface area contributed by atoms with Crippen molar-refractivity contribution in [2.75, 3.05) is 36.4 Å². The van der Waals surface area contributed by atoms with Gasteiger partial charge in [0, 0.05) is 43.6 Å². The normalized spacial score (nSPS) is 15.7. The number of aromatic nitrogens is 2. The average molecular weight is 353 g/mol. The van der Waals surface area contributed by atoms with E-state index in [4.69, 9.17) is 0 Å². The largest absolute Gasteiger partial charge is 0.368 e. The van der Waals surface area contributed by atoms with Crippen LogP contribution in [-0.4, -0.2) is 53.0 Å². The molecule has 1 amide bonds. The molecule has 1 N–H and O–H groups in total. The zero-order valence-corrected chi connectivity index (χ0v) is 15.8. The van der Waals surface area contributed by atoms with Gasteiger partial charge < -0.3 is 15.1 Å². The smallest absolute Gasteiger partial charge is 0.272 e. The fraction of sp³-hybridized carbons (Fsp3) is 0.450. The minimum Gasteiger partial charge on any atom is -0.368 e. The first kappa shape index (κ1) is 18.2. The molecular weight excluding hydrogens is 326 g/mol. The number of nitrogens with zero attached hydrogens (tertiary/aromatic N) is 4. The van der Waals surface area contributed by atoms with Crippen LogP contribution in [0.1, 0.15) is 36.5 Å². The summed E-state index contributed by atoms with van der Waals surface area (Å²) in [5, 5.41) is 3.26. The van der Waals surface area contributed by atoms with Crippen LogP contribution in [0.25, 0.3) is 0 Å². The zero-order valence-electron chi connectivity index (χ0n) is 15.8. The predicted molar refractivity (Wildman–Crippen MR) is 105 cm³/mol. The Balaban J connectivity index is 1.66. The second-order valence-corrected chi connectivity index (χ2v) is 6.79. The molecule has 1 saturated heterocycles. The first-order chi connectivity index (χ1) is 12.6. The summed E-state index contributed by atoms with van der Waals surface area (Å²) in [5.74, 6) is 0.515. The molecule has 0 radical (unpaired) electrons. The van der Waals surface area contributed by atoms with Crippen molar-refractivity contribution in [3.63, 3.8) is 0 Å². The summed E-state index contributed by atoms with van der Waals surface area (Å²) >= 11 is 0. The van der Waals surface area contributed by atoms with Gasteiger partial charge in [0.05, 0.1) is 0 Å². The highest BCUT2D eigenvalue weighted by atomic mass is 16.2. The van der Waals surface area contributed by atoms with Crippen molar-refractivity contribution in [2.24, 2.45) is 0 Å². The molecule has 26 heavy (non-hydrogen) atoms. The van der Waals surface area contributed by atoms with Gasteiger partial charge in [0.25, 0.3) is 5.91 Å². The fourth-order valence-electron chi connectivity index (χ4n) is 3.03. The van der Waals surface area contributed by atoms with Crippen LogP contribution in [0.4, 0.5) is 11.6 Å². The van der Waals surface area contributed by atoms with Crippen molar-refractivity contribution in [1.29, 1.82) is 0 Å². The lowest BCUT2D eigenvalue weighted by molar-refractivity contribution is 0.0740. The van der Waals surface area contributed by atoms with Crippen molar-refractivity contribution in [3.8, 4) is 0 Å². The minimum atomic E-state index is -0.0181. The van der Waals surface area contributed by atoms with Crippen molar-refractivity contribution < 1.29 is 4.79 Å². The molecule has 1 fully saturated rings. The first-order valence-corrected chi connectivity index (χ1v) is 9.28. The number of benzene rings is 1. The van der Waals surface area contributed by atoms with Gasteiger partial charge in [0.2, 0.25) is 5.95 Å². The highest BCUT2D eigenvalue weighted by Gasteiger charge is 2.24. The summed E-state index contributed by atoms with van der Waals surface area (Å²) < 4.78 is 0. The predicted octanol–water partition coefficient (Wildman–Crippen LogP) is 2.96. The molecule has 1 aromatic heterocycles. The second kappa shape index (κ2) is 8.17. The number of para-hydroxylation sites is 1. The Morgan fingerprint density at radius 1 is 1.15 bits per heavy atom. The van der Waals surface area contributed by atoms with Gasteiger partial charge in [-0.15, -0.1) is 0 Å². The highest BCUT2D eigenvalue weighted by Crippen LogP contribution is 2.17. The van der Waals surface area contributed by atoms with Gasteiger partial charge in [0.1, 0.15) is 5.69 Å². The monoisotopic (exact) mass is 353 g/mol. The van der Waals surface area contributed by atoms with Gasteiger partial charge in [-0.3, -0.25) is 4.79 Å². The molecule has 0 bridgehead atoms. The Morgan fingerprint density at radius 2 is 1.85 bits per heavy atom. The van der Waals surface area contributed by atoms with Crippen LogP contribution in [0.15, 0.2) is 36.4 Å². The maximum Gasteiger partial charge on any atom is 0.272 e. The lowest BCUT2D eigenvalue weighted by Gasteiger charge is -2.36. The number of aryl methyl sites for hydroxylation is 1. The topological polar surface area (TPSA) is 61.4 Å². The molecule has 1 unspecified atom stereocenters. The maximum absolute atomic E-state index is 12.9. The SMILES string of the molecule is CCC(C)Nc1nc(C)cc(C(=O)N2CCN(c3ccccc3)CC2)n1. The van der Waals surface area contributed by atoms with Crippen molar-refractivity contribution >= 4 is 17.5 Å². The molecule has 6 heteroatoms. The van der Waals surface area contributed by atoms with Gasteiger partial charge in [-0.1, -0.05) is 25.1 Å². The third-order valence-electron chi connectivity index (χ3n) is 4.75. The quantitative estimate of drug-likeness (QED) is 0.895. The average Bonchev–Trinajstić information content (AvgIpc) is 2.67. The van der Waals surface area contributed by atoms with E-state index in [-0.39, 0.29) is 11.9 Å². The molecule has 1 atom stereocenters. The number of carbonyl (C=O) groups excluding carboxylic acids is 1. The van der Waals surface area contributed by atoms with E-state index in [0.717, 1.165) is 25.2 Å². The third-order valence-corrected chi connectivity index (χ3v) is 4.75. The lowest BCUT2D eigenvalue weighted by atomic mass is 10.2. The minimum absolute atomic E-state index is 0.0181. The van der Waals surface area contributed by atoms with Crippen LogP contribution in [-0.2, 0) is 0 Å². The third kappa shape index (κ3) is 4.31. The summed E-state index contributed by atoms with van der Waals surface area (Å²) in [7, 11) is 0. The number of anilines is 2. The number of nitrogens with one attached hydrogen (secondary N) is 1. The van der Waals surface area contributed by atoms with Crippen LogP contribution < -0.4 is 10.2 Å². The van der Waals surface area contributed by atoms with Crippen LogP contribution in [0.5, 0.6) is 0 Å². The molecule has 1 aliphatic rings. The Morgan fingerprint density at radius 3 is 2.50 bits per heavy atom. The van der Waals surface area contributed by atoms with Crippen LogP contribution >= 0.6 is 0 Å². The van der Waals surface area contributed by atoms with Crippen molar-refractivity contribution in [2.45, 2.75) is 33.2 Å². The molecule has 138 valence electrons. The highest BCUT2D eigenvalue weighted by molar-refractivity contribution is 5.92. The van der Waals surface area contributed by atoms with Gasteiger partial charge in [-0.05, 0) is 38.5 Å². The molecular formula is C20H27N5O. The van der Waals surface area contributed by atoms with E-state index < -0.39 is 0 Å². The Kier molecular flexibility index (Phi) is 5.71. The maximum atomic E-state index is 12.9. The fourth-order valence-corrected chi connectivity index (χ4v) is 3.03. The van der Waals surface area contributed by atoms with Crippen LogP contribution in [0.3, 0.4) is 0 Å². The van der Waals surface area contributed by atoms with Gasteiger partial charge in [0.15, 0.2) is 0 Å². The molecule has 0 aliphatic carbocycles. The molecule has 0 saturated carbocycles. The van der Waals surface area contributed by atoms with E-state index in [0.29, 0.717) is 24.7 Å². The molecule has 2 heterocycles. The molecule has 3 rings (SSSR count). The molecule has 1 aliphatic heterocycles. The standard InChI is InChI=1S/C20H27N5O/c1-4-15(2)21-20-22-16(3)14-18(23-20)19(26)25-12-10-24(11-13-25)17-8-6-5-7-9-17/h5-9,14-15H,4,10-13H2,1-3H3,(H,21,22,23). The van der Waals surface area contributed by atoms with Crippen molar-refractivity contribution in [1.82, 2.24) is 14.9 Å². The first-order valence-electron chi connectivity index (χ1n) is 9.28. The van der Waals surface area contributed by atoms with Gasteiger partial charge in [-0.25, -0.2) is 9.97 Å². The summed E-state index contributed by atoms with van der Waals surface area (Å²) in [6.07, 6.45) is 0.974. The number of rotatable bonds is 5.